The molecule has 6 heteroatoms. The highest BCUT2D eigenvalue weighted by atomic mass is 16.5. The molecular weight excluding hydrogens is 220 g/mol. The van der Waals surface area contributed by atoms with Crippen molar-refractivity contribution < 1.29 is 9.53 Å². The minimum absolute atomic E-state index is 0.330. The molecule has 1 unspecified atom stereocenters. The van der Waals surface area contributed by atoms with E-state index in [-0.39, 0.29) is 0 Å². The third-order valence-electron chi connectivity index (χ3n) is 2.26. The van der Waals surface area contributed by atoms with E-state index in [1.54, 1.807) is 6.92 Å². The summed E-state index contributed by atoms with van der Waals surface area (Å²) in [5, 5.41) is 9.15. The Morgan fingerprint density at radius 3 is 3.12 bits per heavy atom. The van der Waals surface area contributed by atoms with Crippen LogP contribution in [0.1, 0.15) is 12.5 Å². The van der Waals surface area contributed by atoms with Gasteiger partial charge in [-0.25, -0.2) is 4.79 Å². The molecule has 1 N–H and O–H groups in total. The number of carbonyl (C=O) groups is 1. The van der Waals surface area contributed by atoms with E-state index < -0.39 is 12.1 Å². The molecule has 1 aliphatic heterocycles. The van der Waals surface area contributed by atoms with Gasteiger partial charge in [-0.2, -0.15) is 10.5 Å². The summed E-state index contributed by atoms with van der Waals surface area (Å²) in [4.78, 5) is 11.4. The number of hydrogen-bond donors (Lipinski definition) is 1. The Hall–Kier alpha value is -1.95. The lowest BCUT2D eigenvalue weighted by atomic mass is 10.2. The van der Waals surface area contributed by atoms with Crippen molar-refractivity contribution >= 4 is 11.7 Å². The van der Waals surface area contributed by atoms with Gasteiger partial charge in [0.15, 0.2) is 0 Å². The van der Waals surface area contributed by atoms with Crippen molar-refractivity contribution in [1.29, 1.82) is 0 Å². The molecule has 0 spiro atoms. The van der Waals surface area contributed by atoms with E-state index in [0.717, 1.165) is 11.3 Å². The Balaban J connectivity index is 2.04. The number of anilines is 1. The number of aryl methyl sites for hydroxylation is 1. The molecule has 17 heavy (non-hydrogen) atoms. The Bertz CT molecular complexity index is 447. The van der Waals surface area contributed by atoms with Gasteiger partial charge in [-0.1, -0.05) is 17.4 Å². The van der Waals surface area contributed by atoms with E-state index in [1.807, 2.05) is 31.2 Å². The second-order valence-corrected chi connectivity index (χ2v) is 3.64. The van der Waals surface area contributed by atoms with Crippen molar-refractivity contribution in [2.24, 2.45) is 10.3 Å². The van der Waals surface area contributed by atoms with Crippen LogP contribution in [0.15, 0.2) is 34.6 Å². The molecule has 0 aliphatic carbocycles. The van der Waals surface area contributed by atoms with Crippen LogP contribution in [0.3, 0.4) is 0 Å². The number of hydrogen-bond acceptors (Lipinski definition) is 6. The summed E-state index contributed by atoms with van der Waals surface area (Å²) in [6.07, 6.45) is -0.754. The van der Waals surface area contributed by atoms with Crippen LogP contribution in [0.25, 0.3) is 0 Å². The summed E-state index contributed by atoms with van der Waals surface area (Å²) in [7, 11) is 0. The van der Waals surface area contributed by atoms with Gasteiger partial charge in [0.05, 0.1) is 12.3 Å². The van der Waals surface area contributed by atoms with Crippen LogP contribution in [0.4, 0.5) is 5.69 Å². The molecule has 1 heterocycles. The van der Waals surface area contributed by atoms with Crippen LogP contribution in [0.5, 0.6) is 0 Å². The Labute approximate surface area is 99.2 Å². The average Bonchev–Trinajstić information content (AvgIpc) is 2.78. The topological polar surface area (TPSA) is 66.3 Å². The molecule has 0 amide bonds. The molecule has 0 radical (unpaired) electrons. The molecule has 90 valence electrons. The molecular formula is C11H14N4O2. The lowest BCUT2D eigenvalue weighted by molar-refractivity contribution is -0.145. The molecule has 0 fully saturated rings. The second-order valence-electron chi connectivity index (χ2n) is 3.64. The van der Waals surface area contributed by atoms with Crippen molar-refractivity contribution in [1.82, 2.24) is 5.43 Å². The number of esters is 1. The predicted molar refractivity (Wildman–Crippen MR) is 62.1 cm³/mol. The van der Waals surface area contributed by atoms with E-state index in [1.165, 1.54) is 5.12 Å². The molecule has 1 aromatic rings. The lowest BCUT2D eigenvalue weighted by Gasteiger charge is -2.14. The summed E-state index contributed by atoms with van der Waals surface area (Å²) in [5.74, 6) is -0.425. The van der Waals surface area contributed by atoms with E-state index >= 15 is 0 Å². The fourth-order valence-electron chi connectivity index (χ4n) is 1.48. The third-order valence-corrected chi connectivity index (χ3v) is 2.26. The second kappa shape index (κ2) is 4.92. The van der Waals surface area contributed by atoms with Gasteiger partial charge in [0, 0.05) is 0 Å². The van der Waals surface area contributed by atoms with Crippen LogP contribution in [-0.2, 0) is 9.53 Å². The third kappa shape index (κ3) is 2.59. The van der Waals surface area contributed by atoms with Gasteiger partial charge in [0.2, 0.25) is 6.17 Å². The van der Waals surface area contributed by atoms with Crippen LogP contribution >= 0.6 is 0 Å². The van der Waals surface area contributed by atoms with E-state index in [0.29, 0.717) is 6.61 Å². The zero-order valence-corrected chi connectivity index (χ0v) is 9.75. The molecule has 0 saturated carbocycles. The zero-order valence-electron chi connectivity index (χ0n) is 9.75. The maximum absolute atomic E-state index is 11.4. The number of hydrazine groups is 1. The first-order chi connectivity index (χ1) is 8.20. The SMILES string of the molecule is CCOC(=O)C1N=NN(c2cccc(C)c2)N1. The van der Waals surface area contributed by atoms with Crippen LogP contribution in [-0.4, -0.2) is 18.7 Å². The van der Waals surface area contributed by atoms with Gasteiger partial charge in [0.1, 0.15) is 0 Å². The van der Waals surface area contributed by atoms with Crippen LogP contribution in [0, 0.1) is 6.92 Å². The fourth-order valence-corrected chi connectivity index (χ4v) is 1.48. The minimum atomic E-state index is -0.754. The molecule has 2 rings (SSSR count). The molecule has 0 aromatic heterocycles. The van der Waals surface area contributed by atoms with E-state index in [9.17, 15) is 4.79 Å². The first kappa shape index (κ1) is 11.5. The highest BCUT2D eigenvalue weighted by Gasteiger charge is 2.27. The summed E-state index contributed by atoms with van der Waals surface area (Å²) in [6, 6.07) is 7.73. The van der Waals surface area contributed by atoms with Crippen molar-refractivity contribution in [3.63, 3.8) is 0 Å². The largest absolute Gasteiger partial charge is 0.463 e. The number of nitrogens with zero attached hydrogens (tertiary/aromatic N) is 3. The standard InChI is InChI=1S/C11H14N4O2/c1-3-17-11(16)10-12-14-15(13-10)9-6-4-5-8(2)7-9/h4-7,10,13H,3H2,1-2H3. The molecule has 0 bridgehead atoms. The van der Waals surface area contributed by atoms with Gasteiger partial charge < -0.3 is 4.74 Å². The number of nitrogens with one attached hydrogen (secondary N) is 1. The lowest BCUT2D eigenvalue weighted by Crippen LogP contribution is -2.40. The Morgan fingerprint density at radius 1 is 1.59 bits per heavy atom. The number of carbonyl (C=O) groups excluding carboxylic acids is 1. The minimum Gasteiger partial charge on any atom is -0.463 e. The molecule has 0 saturated heterocycles. The Kier molecular flexibility index (Phi) is 3.34. The van der Waals surface area contributed by atoms with E-state index in [2.05, 4.69) is 15.8 Å². The van der Waals surface area contributed by atoms with Crippen molar-refractivity contribution in [3.05, 3.63) is 29.8 Å². The Morgan fingerprint density at radius 2 is 2.41 bits per heavy atom. The van der Waals surface area contributed by atoms with Crippen molar-refractivity contribution in [2.45, 2.75) is 20.0 Å². The van der Waals surface area contributed by atoms with Crippen LogP contribution in [0.2, 0.25) is 0 Å². The first-order valence-corrected chi connectivity index (χ1v) is 5.41. The highest BCUT2D eigenvalue weighted by Crippen LogP contribution is 2.18. The van der Waals surface area contributed by atoms with Gasteiger partial charge in [-0.3, -0.25) is 0 Å². The van der Waals surface area contributed by atoms with Gasteiger partial charge >= 0.3 is 5.97 Å². The summed E-state index contributed by atoms with van der Waals surface area (Å²) < 4.78 is 4.85. The maximum Gasteiger partial charge on any atom is 0.349 e. The summed E-state index contributed by atoms with van der Waals surface area (Å²) >= 11 is 0. The summed E-state index contributed by atoms with van der Waals surface area (Å²) in [6.45, 7) is 4.07. The average molecular weight is 234 g/mol. The predicted octanol–water partition coefficient (Wildman–Crippen LogP) is 1.58. The first-order valence-electron chi connectivity index (χ1n) is 5.41. The molecule has 1 aliphatic rings. The monoisotopic (exact) mass is 234 g/mol. The van der Waals surface area contributed by atoms with Gasteiger partial charge in [-0.15, -0.1) is 5.11 Å². The maximum atomic E-state index is 11.4. The smallest absolute Gasteiger partial charge is 0.349 e. The van der Waals surface area contributed by atoms with Crippen LogP contribution < -0.4 is 10.5 Å². The normalized spacial score (nSPS) is 18.5. The number of rotatable bonds is 3. The van der Waals surface area contributed by atoms with Crippen molar-refractivity contribution in [2.75, 3.05) is 11.7 Å². The van der Waals surface area contributed by atoms with Crippen molar-refractivity contribution in [3.8, 4) is 0 Å². The van der Waals surface area contributed by atoms with Gasteiger partial charge in [0.25, 0.3) is 0 Å². The number of ether oxygens (including phenoxy) is 1. The molecule has 1 aromatic carbocycles. The quantitative estimate of drug-likeness (QED) is 0.806. The van der Waals surface area contributed by atoms with Gasteiger partial charge in [-0.05, 0) is 31.5 Å². The number of benzene rings is 1. The molecule has 1 atom stereocenters. The molecule has 6 nitrogen and oxygen atoms in total. The zero-order chi connectivity index (χ0) is 12.3. The highest BCUT2D eigenvalue weighted by molar-refractivity contribution is 5.76. The van der Waals surface area contributed by atoms with E-state index in [4.69, 9.17) is 4.74 Å². The fraction of sp³-hybridized carbons (Fsp3) is 0.364. The summed E-state index contributed by atoms with van der Waals surface area (Å²) in [5.41, 5.74) is 4.79.